The first-order valence-electron chi connectivity index (χ1n) is 7.52. The predicted molar refractivity (Wildman–Crippen MR) is 74.2 cm³/mol. The zero-order chi connectivity index (χ0) is 12.4. The van der Waals surface area contributed by atoms with Crippen LogP contribution in [0.15, 0.2) is 0 Å². The Morgan fingerprint density at radius 3 is 2.56 bits per heavy atom. The molecule has 3 nitrogen and oxygen atoms in total. The van der Waals surface area contributed by atoms with Crippen molar-refractivity contribution in [2.24, 2.45) is 0 Å². The number of hydrogen-bond donors (Lipinski definition) is 1. The average molecular weight is 271 g/mol. The lowest BCUT2D eigenvalue weighted by Crippen LogP contribution is -2.40. The van der Waals surface area contributed by atoms with Crippen molar-refractivity contribution in [2.75, 3.05) is 18.1 Å². The lowest BCUT2D eigenvalue weighted by molar-refractivity contribution is -0.0359. The summed E-state index contributed by atoms with van der Waals surface area (Å²) in [5, 5.41) is 3.63. The zero-order valence-electron chi connectivity index (χ0n) is 11.2. The van der Waals surface area contributed by atoms with E-state index in [-0.39, 0.29) is 5.60 Å². The highest BCUT2D eigenvalue weighted by molar-refractivity contribution is 7.85. The molecule has 1 aliphatic carbocycles. The third-order valence-electron chi connectivity index (χ3n) is 4.88. The van der Waals surface area contributed by atoms with Crippen LogP contribution >= 0.6 is 0 Å². The van der Waals surface area contributed by atoms with E-state index in [1.54, 1.807) is 0 Å². The van der Waals surface area contributed by atoms with Gasteiger partial charge >= 0.3 is 0 Å². The molecule has 18 heavy (non-hydrogen) atoms. The lowest BCUT2D eigenvalue weighted by atomic mass is 9.98. The fourth-order valence-corrected chi connectivity index (χ4v) is 5.02. The highest BCUT2D eigenvalue weighted by atomic mass is 32.2. The van der Waals surface area contributed by atoms with Gasteiger partial charge < -0.3 is 10.1 Å². The Balaban J connectivity index is 1.40. The fourth-order valence-electron chi connectivity index (χ4n) is 3.72. The molecule has 3 fully saturated rings. The van der Waals surface area contributed by atoms with Crippen LogP contribution in [0, 0.1) is 0 Å². The molecular formula is C14H25NO2S. The maximum atomic E-state index is 11.3. The van der Waals surface area contributed by atoms with Gasteiger partial charge in [0.15, 0.2) is 0 Å². The van der Waals surface area contributed by atoms with E-state index in [2.05, 4.69) is 5.32 Å². The van der Waals surface area contributed by atoms with Crippen molar-refractivity contribution in [1.82, 2.24) is 5.32 Å². The van der Waals surface area contributed by atoms with E-state index >= 15 is 0 Å². The summed E-state index contributed by atoms with van der Waals surface area (Å²) >= 11 is 0. The molecule has 2 aliphatic heterocycles. The van der Waals surface area contributed by atoms with Gasteiger partial charge in [0.1, 0.15) is 0 Å². The molecule has 1 atom stereocenters. The molecule has 0 aromatic carbocycles. The Morgan fingerprint density at radius 1 is 1.11 bits per heavy atom. The van der Waals surface area contributed by atoms with Crippen molar-refractivity contribution in [3.8, 4) is 0 Å². The molecule has 0 bridgehead atoms. The van der Waals surface area contributed by atoms with E-state index in [4.69, 9.17) is 4.74 Å². The van der Waals surface area contributed by atoms with Crippen LogP contribution in [0.1, 0.15) is 51.4 Å². The van der Waals surface area contributed by atoms with E-state index in [1.807, 2.05) is 0 Å². The molecule has 3 rings (SSSR count). The van der Waals surface area contributed by atoms with Gasteiger partial charge in [0.05, 0.1) is 11.7 Å². The molecule has 104 valence electrons. The second-order valence-corrected chi connectivity index (χ2v) is 7.90. The van der Waals surface area contributed by atoms with Crippen LogP contribution in [0.25, 0.3) is 0 Å². The third kappa shape index (κ3) is 2.97. The first kappa shape index (κ1) is 13.1. The van der Waals surface area contributed by atoms with Crippen molar-refractivity contribution in [3.63, 3.8) is 0 Å². The summed E-state index contributed by atoms with van der Waals surface area (Å²) in [6, 6.07) is 0.575. The predicted octanol–water partition coefficient (Wildman–Crippen LogP) is 1.98. The van der Waals surface area contributed by atoms with Crippen molar-refractivity contribution >= 4 is 10.8 Å². The standard InChI is InChI=1S/C14H25NO2S/c16-18-9-4-12(5-10-18)15-11-13-3-8-14(17-13)6-1-2-7-14/h12-13,15H,1-11H2. The summed E-state index contributed by atoms with van der Waals surface area (Å²) < 4.78 is 17.6. The Bertz CT molecular complexity index is 305. The molecule has 4 heteroatoms. The largest absolute Gasteiger partial charge is 0.370 e. The van der Waals surface area contributed by atoms with Gasteiger partial charge in [-0.25, -0.2) is 0 Å². The minimum atomic E-state index is -0.545. The van der Waals surface area contributed by atoms with Crippen LogP contribution in [0.3, 0.4) is 0 Å². The zero-order valence-corrected chi connectivity index (χ0v) is 12.0. The Labute approximate surface area is 113 Å². The maximum Gasteiger partial charge on any atom is 0.0708 e. The van der Waals surface area contributed by atoms with Gasteiger partial charge in [0.25, 0.3) is 0 Å². The number of nitrogens with one attached hydrogen (secondary N) is 1. The van der Waals surface area contributed by atoms with Crippen LogP contribution in [-0.2, 0) is 15.5 Å². The van der Waals surface area contributed by atoms with Crippen LogP contribution in [0.2, 0.25) is 0 Å². The number of rotatable bonds is 3. The molecule has 1 N–H and O–H groups in total. The number of hydrogen-bond acceptors (Lipinski definition) is 3. The molecule has 1 unspecified atom stereocenters. The van der Waals surface area contributed by atoms with Gasteiger partial charge in [-0.05, 0) is 38.5 Å². The summed E-state index contributed by atoms with van der Waals surface area (Å²) in [5.41, 5.74) is 0.264. The summed E-state index contributed by atoms with van der Waals surface area (Å²) in [4.78, 5) is 0. The highest BCUT2D eigenvalue weighted by Crippen LogP contribution is 2.43. The molecule has 0 radical (unpaired) electrons. The summed E-state index contributed by atoms with van der Waals surface area (Å²) in [6.45, 7) is 0.999. The van der Waals surface area contributed by atoms with E-state index in [1.165, 1.54) is 38.5 Å². The molecule has 2 saturated heterocycles. The van der Waals surface area contributed by atoms with Crippen molar-refractivity contribution < 1.29 is 8.95 Å². The summed E-state index contributed by atoms with van der Waals surface area (Å²) in [5.74, 6) is 1.76. The fraction of sp³-hybridized carbons (Fsp3) is 1.00. The van der Waals surface area contributed by atoms with Crippen LogP contribution in [-0.4, -0.2) is 40.0 Å². The van der Waals surface area contributed by atoms with Gasteiger partial charge in [-0.15, -0.1) is 0 Å². The van der Waals surface area contributed by atoms with E-state index in [0.29, 0.717) is 12.1 Å². The Hall–Kier alpha value is 0.0700. The lowest BCUT2D eigenvalue weighted by Gasteiger charge is -2.26. The third-order valence-corrected chi connectivity index (χ3v) is 6.26. The summed E-state index contributed by atoms with van der Waals surface area (Å²) in [6.07, 6.45) is 10.4. The van der Waals surface area contributed by atoms with E-state index in [9.17, 15) is 4.21 Å². The average Bonchev–Trinajstić information content (AvgIpc) is 3.00. The van der Waals surface area contributed by atoms with Gasteiger partial charge in [-0.2, -0.15) is 0 Å². The maximum absolute atomic E-state index is 11.3. The SMILES string of the molecule is O=S1CCC(NCC2CCC3(CCCC3)O2)CC1. The Morgan fingerprint density at radius 2 is 1.83 bits per heavy atom. The van der Waals surface area contributed by atoms with Gasteiger partial charge in [-0.3, -0.25) is 4.21 Å². The van der Waals surface area contributed by atoms with Crippen LogP contribution < -0.4 is 5.32 Å². The second kappa shape index (κ2) is 5.59. The van der Waals surface area contributed by atoms with E-state index in [0.717, 1.165) is 30.9 Å². The quantitative estimate of drug-likeness (QED) is 0.853. The molecule has 0 amide bonds. The molecule has 1 saturated carbocycles. The molecular weight excluding hydrogens is 246 g/mol. The van der Waals surface area contributed by atoms with Gasteiger partial charge in [0.2, 0.25) is 0 Å². The van der Waals surface area contributed by atoms with Crippen LogP contribution in [0.5, 0.6) is 0 Å². The minimum absolute atomic E-state index is 0.264. The number of ether oxygens (including phenoxy) is 1. The topological polar surface area (TPSA) is 38.3 Å². The van der Waals surface area contributed by atoms with Crippen LogP contribution in [0.4, 0.5) is 0 Å². The molecule has 0 aromatic heterocycles. The molecule has 1 spiro atoms. The summed E-state index contributed by atoms with van der Waals surface area (Å²) in [7, 11) is -0.545. The van der Waals surface area contributed by atoms with Crippen molar-refractivity contribution in [2.45, 2.75) is 69.1 Å². The molecule has 3 aliphatic rings. The second-order valence-electron chi connectivity index (χ2n) is 6.20. The normalized spacial score (nSPS) is 39.4. The monoisotopic (exact) mass is 271 g/mol. The molecule has 0 aromatic rings. The first-order valence-corrected chi connectivity index (χ1v) is 9.01. The minimum Gasteiger partial charge on any atom is -0.370 e. The highest BCUT2D eigenvalue weighted by Gasteiger charge is 2.42. The Kier molecular flexibility index (Phi) is 4.06. The van der Waals surface area contributed by atoms with Crippen molar-refractivity contribution in [1.29, 1.82) is 0 Å². The molecule has 2 heterocycles. The van der Waals surface area contributed by atoms with Crippen molar-refractivity contribution in [3.05, 3.63) is 0 Å². The first-order chi connectivity index (χ1) is 8.76. The van der Waals surface area contributed by atoms with Gasteiger partial charge in [0, 0.05) is 34.9 Å². The van der Waals surface area contributed by atoms with E-state index < -0.39 is 10.8 Å². The van der Waals surface area contributed by atoms with Gasteiger partial charge in [-0.1, -0.05) is 12.8 Å². The smallest absolute Gasteiger partial charge is 0.0708 e.